The van der Waals surface area contributed by atoms with Crippen LogP contribution in [-0.2, 0) is 28.3 Å². The van der Waals surface area contributed by atoms with Crippen LogP contribution in [0.25, 0.3) is 0 Å². The van der Waals surface area contributed by atoms with E-state index >= 15 is 0 Å². The number of hydrogen-bond acceptors (Lipinski definition) is 3. The molecule has 2 amide bonds. The van der Waals surface area contributed by atoms with Gasteiger partial charge >= 0.3 is 0 Å². The zero-order valence-corrected chi connectivity index (χ0v) is 23.4. The van der Waals surface area contributed by atoms with E-state index in [4.69, 9.17) is 11.6 Å². The molecule has 200 valence electrons. The maximum Gasteiger partial charge on any atom is 0.243 e. The molecule has 1 aliphatic rings. The minimum Gasteiger partial charge on any atom is -0.352 e. The van der Waals surface area contributed by atoms with Gasteiger partial charge in [0.2, 0.25) is 11.8 Å². The van der Waals surface area contributed by atoms with E-state index < -0.39 is 6.04 Å². The van der Waals surface area contributed by atoms with Crippen LogP contribution >= 0.6 is 23.4 Å². The van der Waals surface area contributed by atoms with Gasteiger partial charge in [0.25, 0.3) is 0 Å². The van der Waals surface area contributed by atoms with Gasteiger partial charge in [0.15, 0.2) is 0 Å². The number of rotatable bonds is 12. The first kappa shape index (κ1) is 28.3. The molecule has 3 aromatic carbocycles. The highest BCUT2D eigenvalue weighted by atomic mass is 35.5. The molecule has 1 fully saturated rings. The molecule has 1 N–H and O–H groups in total. The Hall–Kier alpha value is -2.76. The highest BCUT2D eigenvalue weighted by Gasteiger charge is 2.31. The number of nitrogens with one attached hydrogen (secondary N) is 1. The molecular formula is C32H37ClN2O2S. The Bertz CT molecular complexity index is 1140. The van der Waals surface area contributed by atoms with Crippen molar-refractivity contribution in [3.63, 3.8) is 0 Å². The van der Waals surface area contributed by atoms with Gasteiger partial charge in [0, 0.05) is 42.0 Å². The van der Waals surface area contributed by atoms with Crippen LogP contribution < -0.4 is 5.32 Å². The van der Waals surface area contributed by atoms with Crippen LogP contribution in [0, 0.1) is 0 Å². The van der Waals surface area contributed by atoms with E-state index in [0.29, 0.717) is 30.2 Å². The predicted octanol–water partition coefficient (Wildman–Crippen LogP) is 7.05. The highest BCUT2D eigenvalue weighted by Crippen LogP contribution is 2.21. The standard InChI is InChI=1S/C32H37ClN2O2S/c33-28-18-16-26(17-19-28)23-35(31(36)20-21-38-24-27-12-6-2-7-13-27)30(22-25-10-4-1-5-11-25)32(37)34-29-14-8-3-9-15-29/h1-2,4-7,10-13,16-19,29-30H,3,8-9,14-15,20-24H2,(H,34,37). The maximum absolute atomic E-state index is 13.8. The molecule has 1 aliphatic carbocycles. The summed E-state index contributed by atoms with van der Waals surface area (Å²) in [7, 11) is 0. The number of nitrogens with zero attached hydrogens (tertiary/aromatic N) is 1. The number of benzene rings is 3. The lowest BCUT2D eigenvalue weighted by Crippen LogP contribution is -2.52. The monoisotopic (exact) mass is 548 g/mol. The summed E-state index contributed by atoms with van der Waals surface area (Å²) in [6.45, 7) is 0.370. The molecule has 0 heterocycles. The van der Waals surface area contributed by atoms with E-state index in [1.807, 2.05) is 72.8 Å². The smallest absolute Gasteiger partial charge is 0.243 e. The lowest BCUT2D eigenvalue weighted by molar-refractivity contribution is -0.141. The van der Waals surface area contributed by atoms with Crippen LogP contribution in [0.2, 0.25) is 5.02 Å². The number of carbonyl (C=O) groups excluding carboxylic acids is 2. The Morgan fingerprint density at radius 1 is 0.842 bits per heavy atom. The van der Waals surface area contributed by atoms with Crippen molar-refractivity contribution in [2.24, 2.45) is 0 Å². The largest absolute Gasteiger partial charge is 0.352 e. The molecule has 1 atom stereocenters. The summed E-state index contributed by atoms with van der Waals surface area (Å²) in [5.74, 6) is 1.51. The predicted molar refractivity (Wildman–Crippen MR) is 158 cm³/mol. The average Bonchev–Trinajstić information content (AvgIpc) is 2.95. The van der Waals surface area contributed by atoms with Crippen molar-refractivity contribution in [3.05, 3.63) is 107 Å². The first-order valence-corrected chi connectivity index (χ1v) is 15.1. The Labute approximate surface area is 236 Å². The summed E-state index contributed by atoms with van der Waals surface area (Å²) >= 11 is 7.87. The lowest BCUT2D eigenvalue weighted by Gasteiger charge is -2.33. The molecule has 0 saturated heterocycles. The zero-order valence-electron chi connectivity index (χ0n) is 21.9. The first-order valence-electron chi connectivity index (χ1n) is 13.6. The average molecular weight is 549 g/mol. The summed E-state index contributed by atoms with van der Waals surface area (Å²) in [6, 6.07) is 27.4. The number of thioether (sulfide) groups is 1. The first-order chi connectivity index (χ1) is 18.6. The summed E-state index contributed by atoms with van der Waals surface area (Å²) in [6.07, 6.45) is 6.38. The number of carbonyl (C=O) groups is 2. The topological polar surface area (TPSA) is 49.4 Å². The van der Waals surface area contributed by atoms with Gasteiger partial charge in [-0.2, -0.15) is 11.8 Å². The third kappa shape index (κ3) is 8.92. The van der Waals surface area contributed by atoms with Crippen LogP contribution in [0.1, 0.15) is 55.2 Å². The van der Waals surface area contributed by atoms with Gasteiger partial charge in [0.1, 0.15) is 6.04 Å². The van der Waals surface area contributed by atoms with Gasteiger partial charge in [-0.1, -0.05) is 104 Å². The lowest BCUT2D eigenvalue weighted by atomic mass is 9.94. The molecule has 4 rings (SSSR count). The maximum atomic E-state index is 13.8. The molecule has 0 radical (unpaired) electrons. The van der Waals surface area contributed by atoms with Crippen molar-refractivity contribution >= 4 is 35.2 Å². The van der Waals surface area contributed by atoms with Crippen LogP contribution in [0.15, 0.2) is 84.9 Å². The van der Waals surface area contributed by atoms with Crippen molar-refractivity contribution in [3.8, 4) is 0 Å². The fourth-order valence-corrected chi connectivity index (χ4v) is 5.97. The Morgan fingerprint density at radius 2 is 1.47 bits per heavy atom. The van der Waals surface area contributed by atoms with Gasteiger partial charge in [0.05, 0.1) is 0 Å². The molecule has 3 aromatic rings. The normalized spacial score (nSPS) is 14.6. The Kier molecular flexibility index (Phi) is 11.1. The van der Waals surface area contributed by atoms with Crippen LogP contribution in [-0.4, -0.2) is 34.6 Å². The Morgan fingerprint density at radius 3 is 2.13 bits per heavy atom. The van der Waals surface area contributed by atoms with E-state index in [1.165, 1.54) is 12.0 Å². The van der Waals surface area contributed by atoms with Crippen molar-refractivity contribution < 1.29 is 9.59 Å². The van der Waals surface area contributed by atoms with E-state index in [2.05, 4.69) is 17.4 Å². The molecule has 0 spiro atoms. The van der Waals surface area contributed by atoms with Gasteiger partial charge in [-0.25, -0.2) is 0 Å². The SMILES string of the molecule is O=C(NC1CCCCC1)C(Cc1ccccc1)N(Cc1ccc(Cl)cc1)C(=O)CCSCc1ccccc1. The summed E-state index contributed by atoms with van der Waals surface area (Å²) in [5.41, 5.74) is 3.25. The van der Waals surface area contributed by atoms with Crippen LogP contribution in [0.5, 0.6) is 0 Å². The number of hydrogen-bond donors (Lipinski definition) is 1. The van der Waals surface area contributed by atoms with E-state index in [1.54, 1.807) is 16.7 Å². The molecular weight excluding hydrogens is 512 g/mol. The van der Waals surface area contributed by atoms with E-state index in [0.717, 1.165) is 42.6 Å². The van der Waals surface area contributed by atoms with Crippen LogP contribution in [0.3, 0.4) is 0 Å². The zero-order chi connectivity index (χ0) is 26.6. The summed E-state index contributed by atoms with van der Waals surface area (Å²) in [4.78, 5) is 29.3. The molecule has 0 bridgehead atoms. The van der Waals surface area contributed by atoms with Crippen molar-refractivity contribution in [2.75, 3.05) is 5.75 Å². The van der Waals surface area contributed by atoms with Crippen molar-refractivity contribution in [1.29, 1.82) is 0 Å². The quantitative estimate of drug-likeness (QED) is 0.247. The van der Waals surface area contributed by atoms with E-state index in [-0.39, 0.29) is 17.9 Å². The summed E-state index contributed by atoms with van der Waals surface area (Å²) < 4.78 is 0. The Balaban J connectivity index is 1.52. The van der Waals surface area contributed by atoms with Gasteiger partial charge in [-0.15, -0.1) is 0 Å². The minimum absolute atomic E-state index is 0.000219. The highest BCUT2D eigenvalue weighted by molar-refractivity contribution is 7.98. The van der Waals surface area contributed by atoms with Crippen molar-refractivity contribution in [2.45, 2.75) is 69.3 Å². The third-order valence-electron chi connectivity index (χ3n) is 7.06. The fourth-order valence-electron chi connectivity index (χ4n) is 4.95. The molecule has 1 unspecified atom stereocenters. The summed E-state index contributed by atoms with van der Waals surface area (Å²) in [5, 5.41) is 3.95. The fraction of sp³-hybridized carbons (Fsp3) is 0.375. The van der Waals surface area contributed by atoms with Gasteiger partial charge in [-0.05, 0) is 41.7 Å². The molecule has 0 aromatic heterocycles. The number of halogens is 1. The second-order valence-corrected chi connectivity index (χ2v) is 11.5. The molecule has 38 heavy (non-hydrogen) atoms. The minimum atomic E-state index is -0.582. The third-order valence-corrected chi connectivity index (χ3v) is 8.34. The second kappa shape index (κ2) is 15.0. The van der Waals surface area contributed by atoms with Crippen LogP contribution in [0.4, 0.5) is 0 Å². The molecule has 6 heteroatoms. The second-order valence-electron chi connectivity index (χ2n) is 9.99. The van der Waals surface area contributed by atoms with Gasteiger partial charge in [-0.3, -0.25) is 9.59 Å². The molecule has 0 aliphatic heterocycles. The number of amides is 2. The molecule has 1 saturated carbocycles. The molecule has 4 nitrogen and oxygen atoms in total. The van der Waals surface area contributed by atoms with E-state index in [9.17, 15) is 9.59 Å². The van der Waals surface area contributed by atoms with Gasteiger partial charge < -0.3 is 10.2 Å². The van der Waals surface area contributed by atoms with Crippen molar-refractivity contribution in [1.82, 2.24) is 10.2 Å².